The first-order chi connectivity index (χ1) is 12.2. The van der Waals surface area contributed by atoms with Crippen molar-refractivity contribution in [3.05, 3.63) is 71.6 Å². The molecule has 0 bridgehead atoms. The van der Waals surface area contributed by atoms with Crippen LogP contribution in [0.4, 0.5) is 0 Å². The number of aryl methyl sites for hydroxylation is 1. The molecular formula is C19H19N3O2S. The Hall–Kier alpha value is -2.60. The van der Waals surface area contributed by atoms with E-state index in [1.54, 1.807) is 11.8 Å². The Morgan fingerprint density at radius 3 is 2.80 bits per heavy atom. The predicted molar refractivity (Wildman–Crippen MR) is 98.9 cm³/mol. The Morgan fingerprint density at radius 1 is 1.16 bits per heavy atom. The Balaban J connectivity index is 1.45. The van der Waals surface area contributed by atoms with Crippen LogP contribution in [0, 0.1) is 6.92 Å². The van der Waals surface area contributed by atoms with E-state index in [4.69, 9.17) is 4.52 Å². The summed E-state index contributed by atoms with van der Waals surface area (Å²) in [5, 5.41) is 6.77. The standard InChI is InChI=1S/C19H19N3O2S/c1-14-6-5-9-16(10-14)19-21-18(24-22-19)11-20-17(23)13-25-12-15-7-3-2-4-8-15/h2-10H,11-13H2,1H3,(H,20,23). The minimum atomic E-state index is -0.0452. The normalized spacial score (nSPS) is 10.6. The van der Waals surface area contributed by atoms with E-state index in [2.05, 4.69) is 27.6 Å². The van der Waals surface area contributed by atoms with Gasteiger partial charge in [0.05, 0.1) is 12.3 Å². The van der Waals surface area contributed by atoms with Gasteiger partial charge in [-0.1, -0.05) is 59.3 Å². The smallest absolute Gasteiger partial charge is 0.246 e. The molecule has 0 aliphatic carbocycles. The molecule has 0 aliphatic heterocycles. The summed E-state index contributed by atoms with van der Waals surface area (Å²) in [5.41, 5.74) is 3.24. The molecule has 1 amide bonds. The van der Waals surface area contributed by atoms with Gasteiger partial charge in [-0.05, 0) is 18.6 Å². The first kappa shape index (κ1) is 17.2. The van der Waals surface area contributed by atoms with Gasteiger partial charge in [0.25, 0.3) is 0 Å². The fourth-order valence-electron chi connectivity index (χ4n) is 2.29. The molecule has 0 radical (unpaired) electrons. The van der Waals surface area contributed by atoms with E-state index in [1.807, 2.05) is 49.4 Å². The number of rotatable bonds is 7. The SMILES string of the molecule is Cc1cccc(-c2noc(CNC(=O)CSCc3ccccc3)n2)c1. The first-order valence-electron chi connectivity index (χ1n) is 7.99. The maximum absolute atomic E-state index is 11.9. The van der Waals surface area contributed by atoms with Gasteiger partial charge in [-0.25, -0.2) is 0 Å². The molecule has 0 atom stereocenters. The molecule has 0 aliphatic rings. The highest BCUT2D eigenvalue weighted by atomic mass is 32.2. The minimum absolute atomic E-state index is 0.0452. The molecule has 0 unspecified atom stereocenters. The number of hydrogen-bond donors (Lipinski definition) is 1. The second-order valence-corrected chi connectivity index (χ2v) is 6.62. The lowest BCUT2D eigenvalue weighted by atomic mass is 10.1. The van der Waals surface area contributed by atoms with E-state index >= 15 is 0 Å². The fraction of sp³-hybridized carbons (Fsp3) is 0.211. The number of thioether (sulfide) groups is 1. The third-order valence-electron chi connectivity index (χ3n) is 3.53. The highest BCUT2D eigenvalue weighted by Crippen LogP contribution is 2.17. The molecule has 5 nitrogen and oxygen atoms in total. The molecule has 0 saturated heterocycles. The average Bonchev–Trinajstić information content (AvgIpc) is 3.10. The van der Waals surface area contributed by atoms with E-state index in [9.17, 15) is 4.79 Å². The molecule has 25 heavy (non-hydrogen) atoms. The number of nitrogens with one attached hydrogen (secondary N) is 1. The molecule has 2 aromatic carbocycles. The minimum Gasteiger partial charge on any atom is -0.346 e. The van der Waals surface area contributed by atoms with Crippen LogP contribution in [-0.2, 0) is 17.1 Å². The van der Waals surface area contributed by atoms with E-state index in [0.717, 1.165) is 16.9 Å². The number of benzene rings is 2. The zero-order valence-corrected chi connectivity index (χ0v) is 14.8. The lowest BCUT2D eigenvalue weighted by molar-refractivity contribution is -0.118. The van der Waals surface area contributed by atoms with Gasteiger partial charge >= 0.3 is 0 Å². The van der Waals surface area contributed by atoms with Gasteiger partial charge in [0.15, 0.2) is 0 Å². The first-order valence-corrected chi connectivity index (χ1v) is 9.14. The summed E-state index contributed by atoms with van der Waals surface area (Å²) in [5.74, 6) is 2.10. The summed E-state index contributed by atoms with van der Waals surface area (Å²) in [7, 11) is 0. The maximum atomic E-state index is 11.9. The van der Waals surface area contributed by atoms with E-state index in [0.29, 0.717) is 17.5 Å². The van der Waals surface area contributed by atoms with Gasteiger partial charge in [-0.3, -0.25) is 4.79 Å². The summed E-state index contributed by atoms with van der Waals surface area (Å²) in [6, 6.07) is 18.0. The molecule has 0 fully saturated rings. The van der Waals surface area contributed by atoms with E-state index in [1.165, 1.54) is 5.56 Å². The maximum Gasteiger partial charge on any atom is 0.246 e. The Bertz CT molecular complexity index is 833. The van der Waals surface area contributed by atoms with Gasteiger partial charge in [0.2, 0.25) is 17.6 Å². The van der Waals surface area contributed by atoms with Gasteiger partial charge in [-0.2, -0.15) is 4.98 Å². The highest BCUT2D eigenvalue weighted by Gasteiger charge is 2.10. The third-order valence-corrected chi connectivity index (χ3v) is 4.53. The van der Waals surface area contributed by atoms with Crippen LogP contribution in [-0.4, -0.2) is 21.8 Å². The van der Waals surface area contributed by atoms with Crippen molar-refractivity contribution in [1.82, 2.24) is 15.5 Å². The number of nitrogens with zero attached hydrogens (tertiary/aromatic N) is 2. The second kappa shape index (κ2) is 8.48. The largest absolute Gasteiger partial charge is 0.346 e. The second-order valence-electron chi connectivity index (χ2n) is 5.64. The summed E-state index contributed by atoms with van der Waals surface area (Å²) >= 11 is 1.57. The number of carbonyl (C=O) groups excluding carboxylic acids is 1. The zero-order valence-electron chi connectivity index (χ0n) is 13.9. The van der Waals surface area contributed by atoms with E-state index < -0.39 is 0 Å². The summed E-state index contributed by atoms with van der Waals surface area (Å²) in [6.45, 7) is 2.25. The molecule has 1 aromatic heterocycles. The van der Waals surface area contributed by atoms with Crippen LogP contribution in [0.1, 0.15) is 17.0 Å². The molecule has 1 N–H and O–H groups in total. The van der Waals surface area contributed by atoms with Gasteiger partial charge < -0.3 is 9.84 Å². The summed E-state index contributed by atoms with van der Waals surface area (Å²) in [6.07, 6.45) is 0. The van der Waals surface area contributed by atoms with Crippen LogP contribution < -0.4 is 5.32 Å². The van der Waals surface area contributed by atoms with Crippen LogP contribution in [0.15, 0.2) is 59.1 Å². The van der Waals surface area contributed by atoms with Gasteiger partial charge in [-0.15, -0.1) is 11.8 Å². The molecule has 128 valence electrons. The summed E-state index contributed by atoms with van der Waals surface area (Å²) in [4.78, 5) is 16.2. The third kappa shape index (κ3) is 5.19. The molecule has 1 heterocycles. The number of aromatic nitrogens is 2. The number of amides is 1. The molecule has 3 aromatic rings. The fourth-order valence-corrected chi connectivity index (χ4v) is 3.11. The van der Waals surface area contributed by atoms with Crippen molar-refractivity contribution in [2.24, 2.45) is 0 Å². The van der Waals surface area contributed by atoms with Crippen molar-refractivity contribution in [2.45, 2.75) is 19.2 Å². The van der Waals surface area contributed by atoms with E-state index in [-0.39, 0.29) is 12.5 Å². The Kier molecular flexibility index (Phi) is 5.85. The molecule has 0 spiro atoms. The lowest BCUT2D eigenvalue weighted by Gasteiger charge is -2.03. The lowest BCUT2D eigenvalue weighted by Crippen LogP contribution is -2.24. The van der Waals surface area contributed by atoms with Crippen molar-refractivity contribution in [2.75, 3.05) is 5.75 Å². The van der Waals surface area contributed by atoms with Crippen LogP contribution >= 0.6 is 11.8 Å². The van der Waals surface area contributed by atoms with Crippen LogP contribution in [0.3, 0.4) is 0 Å². The van der Waals surface area contributed by atoms with Crippen molar-refractivity contribution < 1.29 is 9.32 Å². The van der Waals surface area contributed by atoms with Gasteiger partial charge in [0, 0.05) is 11.3 Å². The van der Waals surface area contributed by atoms with Crippen molar-refractivity contribution >= 4 is 17.7 Å². The monoisotopic (exact) mass is 353 g/mol. The zero-order chi connectivity index (χ0) is 17.5. The van der Waals surface area contributed by atoms with Crippen LogP contribution in [0.2, 0.25) is 0 Å². The van der Waals surface area contributed by atoms with Crippen molar-refractivity contribution in [3.8, 4) is 11.4 Å². The molecule has 0 saturated carbocycles. The highest BCUT2D eigenvalue weighted by molar-refractivity contribution is 7.99. The van der Waals surface area contributed by atoms with Gasteiger partial charge in [0.1, 0.15) is 0 Å². The van der Waals surface area contributed by atoms with Crippen LogP contribution in [0.5, 0.6) is 0 Å². The molecule has 6 heteroatoms. The Morgan fingerprint density at radius 2 is 2.00 bits per heavy atom. The van der Waals surface area contributed by atoms with Crippen molar-refractivity contribution in [3.63, 3.8) is 0 Å². The Labute approximate surface area is 150 Å². The number of hydrogen-bond acceptors (Lipinski definition) is 5. The average molecular weight is 353 g/mol. The molecular weight excluding hydrogens is 334 g/mol. The summed E-state index contributed by atoms with van der Waals surface area (Å²) < 4.78 is 5.20. The van der Waals surface area contributed by atoms with Crippen molar-refractivity contribution in [1.29, 1.82) is 0 Å². The predicted octanol–water partition coefficient (Wildman–Crippen LogP) is 3.59. The topological polar surface area (TPSA) is 68.0 Å². The number of carbonyl (C=O) groups is 1. The quantitative estimate of drug-likeness (QED) is 0.703. The molecule has 3 rings (SSSR count). The van der Waals surface area contributed by atoms with Crippen LogP contribution in [0.25, 0.3) is 11.4 Å².